The minimum absolute atomic E-state index is 0.163. The summed E-state index contributed by atoms with van der Waals surface area (Å²) >= 11 is 7.71. The van der Waals surface area contributed by atoms with Crippen LogP contribution in [0, 0.1) is 0 Å². The van der Waals surface area contributed by atoms with Crippen molar-refractivity contribution in [2.45, 2.75) is 32.4 Å². The molecule has 0 bridgehead atoms. The Hall–Kier alpha value is -2.98. The van der Waals surface area contributed by atoms with E-state index >= 15 is 0 Å². The van der Waals surface area contributed by atoms with E-state index in [1.165, 1.54) is 11.3 Å². The summed E-state index contributed by atoms with van der Waals surface area (Å²) in [6, 6.07) is 7.75. The average molecular weight is 491 g/mol. The number of carbonyl (C=O) groups excluding carboxylic acids is 1. The van der Waals surface area contributed by atoms with Gasteiger partial charge in [-0.05, 0) is 30.7 Å². The maximum Gasteiger partial charge on any atom is 0.508 e. The summed E-state index contributed by atoms with van der Waals surface area (Å²) in [6.07, 6.45) is 0.595. The van der Waals surface area contributed by atoms with Crippen LogP contribution < -0.4 is 19.7 Å². The lowest BCUT2D eigenvalue weighted by molar-refractivity contribution is 0.0183. The van der Waals surface area contributed by atoms with Crippen molar-refractivity contribution in [1.82, 2.24) is 9.97 Å². The Labute approximate surface area is 199 Å². The van der Waals surface area contributed by atoms with Gasteiger partial charge in [-0.1, -0.05) is 17.7 Å². The molecule has 0 unspecified atom stereocenters. The van der Waals surface area contributed by atoms with Crippen LogP contribution in [0.1, 0.15) is 25.3 Å². The number of nitrogens with zero attached hydrogens (tertiary/aromatic N) is 3. The first-order valence-corrected chi connectivity index (χ1v) is 12.0. The topological polar surface area (TPSA) is 95.0 Å². The lowest BCUT2D eigenvalue weighted by atomic mass is 10.1. The Morgan fingerprint density at radius 2 is 2.06 bits per heavy atom. The number of nitrogens with one attached hydrogen (secondary N) is 1. The van der Waals surface area contributed by atoms with E-state index in [0.717, 1.165) is 33.1 Å². The normalized spacial score (nSPS) is 15.6. The number of thiophene rings is 1. The Bertz CT molecular complexity index is 1170. The highest BCUT2D eigenvalue weighted by Gasteiger charge is 2.25. The minimum atomic E-state index is -0.614. The molecule has 0 saturated carbocycles. The number of hydrogen-bond acceptors (Lipinski definition) is 10. The Morgan fingerprint density at radius 3 is 2.88 bits per heavy atom. The van der Waals surface area contributed by atoms with Crippen LogP contribution in [0.5, 0.6) is 11.5 Å². The monoisotopic (exact) mass is 490 g/mol. The molecule has 33 heavy (non-hydrogen) atoms. The Balaban J connectivity index is 1.31. The molecule has 11 heteroatoms. The van der Waals surface area contributed by atoms with Gasteiger partial charge in [-0.3, -0.25) is 0 Å². The van der Waals surface area contributed by atoms with Gasteiger partial charge in [0.1, 0.15) is 16.8 Å². The second-order valence-electron chi connectivity index (χ2n) is 7.67. The first kappa shape index (κ1) is 21.8. The quantitative estimate of drug-likeness (QED) is 0.487. The standard InChI is InChI=1S/C22H23ClN4O5S/c1-2-29-22(28)32-14-5-7-27(8-6-14)21-25-19(15-10-18(23)33-20(15)26-21)24-11-13-3-4-16-17(9-13)31-12-30-16/h3-4,9-10,14H,2,5-8,11-12H2,1H3,(H,24,25,26). The summed E-state index contributed by atoms with van der Waals surface area (Å²) in [5.41, 5.74) is 1.05. The van der Waals surface area contributed by atoms with Gasteiger partial charge in [0.05, 0.1) is 16.3 Å². The van der Waals surface area contributed by atoms with Crippen LogP contribution in [-0.2, 0) is 16.0 Å². The Morgan fingerprint density at radius 1 is 1.24 bits per heavy atom. The molecule has 3 aromatic rings. The van der Waals surface area contributed by atoms with Crippen LogP contribution >= 0.6 is 22.9 Å². The summed E-state index contributed by atoms with van der Waals surface area (Å²) in [5, 5.41) is 4.31. The Kier molecular flexibility index (Phi) is 6.28. The molecule has 0 atom stereocenters. The third-order valence-corrected chi connectivity index (χ3v) is 6.66. The zero-order valence-electron chi connectivity index (χ0n) is 18.0. The van der Waals surface area contributed by atoms with Crippen LogP contribution in [0.4, 0.5) is 16.6 Å². The first-order valence-electron chi connectivity index (χ1n) is 10.8. The van der Waals surface area contributed by atoms with Crippen molar-refractivity contribution in [2.75, 3.05) is 36.7 Å². The number of carbonyl (C=O) groups is 1. The van der Waals surface area contributed by atoms with E-state index in [-0.39, 0.29) is 12.9 Å². The summed E-state index contributed by atoms with van der Waals surface area (Å²) in [6.45, 7) is 4.22. The van der Waals surface area contributed by atoms with Gasteiger partial charge >= 0.3 is 6.16 Å². The lowest BCUT2D eigenvalue weighted by Crippen LogP contribution is -2.39. The van der Waals surface area contributed by atoms with Gasteiger partial charge in [0.25, 0.3) is 0 Å². The molecule has 1 aromatic carbocycles. The number of halogens is 1. The molecule has 1 saturated heterocycles. The molecule has 0 radical (unpaired) electrons. The lowest BCUT2D eigenvalue weighted by Gasteiger charge is -2.31. The zero-order chi connectivity index (χ0) is 22.8. The highest BCUT2D eigenvalue weighted by molar-refractivity contribution is 7.22. The van der Waals surface area contributed by atoms with Crippen molar-refractivity contribution in [3.05, 3.63) is 34.2 Å². The second-order valence-corrected chi connectivity index (χ2v) is 9.33. The smallest absolute Gasteiger partial charge is 0.454 e. The number of anilines is 2. The maximum atomic E-state index is 11.6. The average Bonchev–Trinajstić information content (AvgIpc) is 3.43. The van der Waals surface area contributed by atoms with Gasteiger partial charge in [0.2, 0.25) is 12.7 Å². The summed E-state index contributed by atoms with van der Waals surface area (Å²) in [4.78, 5) is 24.1. The van der Waals surface area contributed by atoms with Crippen molar-refractivity contribution < 1.29 is 23.7 Å². The number of benzene rings is 1. The van der Waals surface area contributed by atoms with Gasteiger partial charge in [-0.25, -0.2) is 9.78 Å². The third-order valence-electron chi connectivity index (χ3n) is 5.50. The molecule has 4 heterocycles. The fourth-order valence-electron chi connectivity index (χ4n) is 3.86. The van der Waals surface area contributed by atoms with Crippen LogP contribution in [0.15, 0.2) is 24.3 Å². The van der Waals surface area contributed by atoms with E-state index in [0.29, 0.717) is 49.4 Å². The molecule has 1 N–H and O–H groups in total. The molecule has 0 amide bonds. The molecule has 1 fully saturated rings. The SMILES string of the molecule is CCOC(=O)OC1CCN(c2nc(NCc3ccc4c(c3)OCO4)c3cc(Cl)sc3n2)CC1. The molecule has 5 rings (SSSR count). The number of hydrogen-bond donors (Lipinski definition) is 1. The number of aromatic nitrogens is 2. The van der Waals surface area contributed by atoms with E-state index < -0.39 is 6.16 Å². The van der Waals surface area contributed by atoms with Gasteiger partial charge in [-0.2, -0.15) is 4.98 Å². The van der Waals surface area contributed by atoms with Crippen molar-refractivity contribution in [1.29, 1.82) is 0 Å². The van der Waals surface area contributed by atoms with Crippen LogP contribution in [0.2, 0.25) is 4.34 Å². The number of ether oxygens (including phenoxy) is 4. The van der Waals surface area contributed by atoms with Crippen molar-refractivity contribution >= 4 is 51.1 Å². The van der Waals surface area contributed by atoms with Gasteiger partial charge < -0.3 is 29.2 Å². The summed E-state index contributed by atoms with van der Waals surface area (Å²) < 4.78 is 21.7. The fourth-order valence-corrected chi connectivity index (χ4v) is 4.94. The first-order chi connectivity index (χ1) is 16.1. The van der Waals surface area contributed by atoms with Crippen molar-refractivity contribution in [3.63, 3.8) is 0 Å². The van der Waals surface area contributed by atoms with Gasteiger partial charge in [-0.15, -0.1) is 11.3 Å². The number of rotatable bonds is 6. The number of piperidine rings is 1. The molecular formula is C22H23ClN4O5S. The van der Waals surface area contributed by atoms with Gasteiger partial charge in [0.15, 0.2) is 11.5 Å². The molecule has 0 aliphatic carbocycles. The minimum Gasteiger partial charge on any atom is -0.454 e. The second kappa shape index (κ2) is 9.48. The molecule has 2 aliphatic heterocycles. The molecule has 2 aliphatic rings. The van der Waals surface area contributed by atoms with Crippen LogP contribution in [-0.4, -0.2) is 48.7 Å². The highest BCUT2D eigenvalue weighted by Crippen LogP contribution is 2.35. The van der Waals surface area contributed by atoms with Gasteiger partial charge in [0, 0.05) is 32.5 Å². The van der Waals surface area contributed by atoms with Crippen molar-refractivity contribution in [3.8, 4) is 11.5 Å². The third kappa shape index (κ3) is 4.86. The van der Waals surface area contributed by atoms with Crippen molar-refractivity contribution in [2.24, 2.45) is 0 Å². The largest absolute Gasteiger partial charge is 0.508 e. The molecule has 2 aromatic heterocycles. The van der Waals surface area contributed by atoms with Crippen LogP contribution in [0.3, 0.4) is 0 Å². The van der Waals surface area contributed by atoms with E-state index in [4.69, 9.17) is 40.5 Å². The zero-order valence-corrected chi connectivity index (χ0v) is 19.6. The molecule has 9 nitrogen and oxygen atoms in total. The van der Waals surface area contributed by atoms with Crippen LogP contribution in [0.25, 0.3) is 10.2 Å². The highest BCUT2D eigenvalue weighted by atomic mass is 35.5. The molecule has 0 spiro atoms. The predicted molar refractivity (Wildman–Crippen MR) is 126 cm³/mol. The van der Waals surface area contributed by atoms with E-state index in [2.05, 4.69) is 10.2 Å². The molecular weight excluding hydrogens is 468 g/mol. The van der Waals surface area contributed by atoms with E-state index in [9.17, 15) is 4.79 Å². The predicted octanol–water partition coefficient (Wildman–Crippen LogP) is 4.83. The van der Waals surface area contributed by atoms with E-state index in [1.54, 1.807) is 6.92 Å². The summed E-state index contributed by atoms with van der Waals surface area (Å²) in [5.74, 6) is 2.85. The summed E-state index contributed by atoms with van der Waals surface area (Å²) in [7, 11) is 0. The number of fused-ring (bicyclic) bond motifs is 2. The van der Waals surface area contributed by atoms with E-state index in [1.807, 2.05) is 24.3 Å². The fraction of sp³-hybridized carbons (Fsp3) is 0.409. The maximum absolute atomic E-state index is 11.6. The molecule has 174 valence electrons.